The van der Waals surface area contributed by atoms with Gasteiger partial charge in [-0.2, -0.15) is 0 Å². The van der Waals surface area contributed by atoms with Crippen LogP contribution in [0, 0.1) is 11.7 Å². The SMILES string of the molecule is CC1CCC(NS(=O)(=O)c2ccccc2F)CC1. The molecule has 0 radical (unpaired) electrons. The van der Waals surface area contributed by atoms with E-state index in [-0.39, 0.29) is 10.9 Å². The second-order valence-electron chi connectivity index (χ2n) is 5.01. The van der Waals surface area contributed by atoms with Gasteiger partial charge in [-0.25, -0.2) is 17.5 Å². The summed E-state index contributed by atoms with van der Waals surface area (Å²) >= 11 is 0. The maximum absolute atomic E-state index is 13.5. The van der Waals surface area contributed by atoms with Gasteiger partial charge in [0, 0.05) is 6.04 Å². The van der Waals surface area contributed by atoms with E-state index in [9.17, 15) is 12.8 Å². The Morgan fingerprint density at radius 2 is 1.78 bits per heavy atom. The summed E-state index contributed by atoms with van der Waals surface area (Å²) in [7, 11) is -3.73. The van der Waals surface area contributed by atoms with Crippen LogP contribution in [0.5, 0.6) is 0 Å². The predicted octanol–water partition coefficient (Wildman–Crippen LogP) is 2.68. The third-order valence-corrected chi connectivity index (χ3v) is 5.02. The van der Waals surface area contributed by atoms with Crippen LogP contribution < -0.4 is 4.72 Å². The molecule has 0 aliphatic heterocycles. The Labute approximate surface area is 107 Å². The zero-order valence-corrected chi connectivity index (χ0v) is 11.2. The molecule has 0 atom stereocenters. The van der Waals surface area contributed by atoms with Gasteiger partial charge in [0.05, 0.1) is 0 Å². The van der Waals surface area contributed by atoms with Gasteiger partial charge in [0.1, 0.15) is 10.7 Å². The Bertz CT molecular complexity index is 507. The Morgan fingerprint density at radius 1 is 1.17 bits per heavy atom. The van der Waals surface area contributed by atoms with Gasteiger partial charge in [-0.1, -0.05) is 19.1 Å². The van der Waals surface area contributed by atoms with Crippen molar-refractivity contribution in [2.75, 3.05) is 0 Å². The lowest BCUT2D eigenvalue weighted by molar-refractivity contribution is 0.332. The molecule has 0 unspecified atom stereocenters. The summed E-state index contributed by atoms with van der Waals surface area (Å²) in [4.78, 5) is -0.261. The molecular formula is C13H18FNO2S. The van der Waals surface area contributed by atoms with E-state index >= 15 is 0 Å². The summed E-state index contributed by atoms with van der Waals surface area (Å²) in [5.41, 5.74) is 0. The molecule has 2 rings (SSSR count). The van der Waals surface area contributed by atoms with Gasteiger partial charge < -0.3 is 0 Å². The van der Waals surface area contributed by atoms with Crippen LogP contribution in [0.25, 0.3) is 0 Å². The minimum Gasteiger partial charge on any atom is -0.208 e. The van der Waals surface area contributed by atoms with Crippen LogP contribution in [-0.2, 0) is 10.0 Å². The zero-order valence-electron chi connectivity index (χ0n) is 10.4. The Balaban J connectivity index is 2.11. The third kappa shape index (κ3) is 3.09. The van der Waals surface area contributed by atoms with Crippen molar-refractivity contribution in [1.82, 2.24) is 4.72 Å². The lowest BCUT2D eigenvalue weighted by Crippen LogP contribution is -2.37. The van der Waals surface area contributed by atoms with Crippen LogP contribution in [0.1, 0.15) is 32.6 Å². The van der Waals surface area contributed by atoms with Gasteiger partial charge in [-0.15, -0.1) is 0 Å². The largest absolute Gasteiger partial charge is 0.243 e. The average Bonchev–Trinajstić information content (AvgIpc) is 2.32. The second-order valence-corrected chi connectivity index (χ2v) is 6.69. The standard InChI is InChI=1S/C13H18FNO2S/c1-10-6-8-11(9-7-10)15-18(16,17)13-5-3-2-4-12(13)14/h2-5,10-11,15H,6-9H2,1H3. The molecule has 1 aromatic rings. The number of nitrogens with one attached hydrogen (secondary N) is 1. The molecule has 0 bridgehead atoms. The van der Waals surface area contributed by atoms with Gasteiger partial charge in [0.2, 0.25) is 10.0 Å². The van der Waals surface area contributed by atoms with Crippen molar-refractivity contribution in [2.24, 2.45) is 5.92 Å². The maximum atomic E-state index is 13.5. The number of sulfonamides is 1. The van der Waals surface area contributed by atoms with Crippen LogP contribution in [0.15, 0.2) is 29.2 Å². The highest BCUT2D eigenvalue weighted by atomic mass is 32.2. The van der Waals surface area contributed by atoms with Crippen molar-refractivity contribution in [2.45, 2.75) is 43.5 Å². The molecule has 18 heavy (non-hydrogen) atoms. The van der Waals surface area contributed by atoms with Crippen molar-refractivity contribution in [3.05, 3.63) is 30.1 Å². The van der Waals surface area contributed by atoms with Crippen LogP contribution in [0.4, 0.5) is 4.39 Å². The van der Waals surface area contributed by atoms with Gasteiger partial charge in [0.15, 0.2) is 0 Å². The summed E-state index contributed by atoms with van der Waals surface area (Å²) in [6, 6.07) is 5.41. The van der Waals surface area contributed by atoms with Crippen molar-refractivity contribution in [3.8, 4) is 0 Å². The molecule has 1 aromatic carbocycles. The number of hydrogen-bond acceptors (Lipinski definition) is 2. The first kappa shape index (κ1) is 13.5. The fraction of sp³-hybridized carbons (Fsp3) is 0.538. The van der Waals surface area contributed by atoms with Crippen molar-refractivity contribution in [3.63, 3.8) is 0 Å². The van der Waals surface area contributed by atoms with E-state index in [4.69, 9.17) is 0 Å². The lowest BCUT2D eigenvalue weighted by atomic mass is 9.88. The van der Waals surface area contributed by atoms with Crippen molar-refractivity contribution >= 4 is 10.0 Å². The number of benzene rings is 1. The molecule has 1 fully saturated rings. The van der Waals surface area contributed by atoms with Crippen molar-refractivity contribution in [1.29, 1.82) is 0 Å². The lowest BCUT2D eigenvalue weighted by Gasteiger charge is -2.26. The third-order valence-electron chi connectivity index (χ3n) is 3.46. The van der Waals surface area contributed by atoms with E-state index in [2.05, 4.69) is 11.6 Å². The summed E-state index contributed by atoms with van der Waals surface area (Å²) < 4.78 is 40.2. The Hall–Kier alpha value is -0.940. The summed E-state index contributed by atoms with van der Waals surface area (Å²) in [5.74, 6) is -0.0478. The molecular weight excluding hydrogens is 253 g/mol. The maximum Gasteiger partial charge on any atom is 0.243 e. The van der Waals surface area contributed by atoms with E-state index in [0.29, 0.717) is 5.92 Å². The molecule has 0 heterocycles. The first-order valence-electron chi connectivity index (χ1n) is 6.26. The molecule has 100 valence electrons. The van der Waals surface area contributed by atoms with E-state index in [1.165, 1.54) is 18.2 Å². The fourth-order valence-electron chi connectivity index (χ4n) is 2.32. The molecule has 3 nitrogen and oxygen atoms in total. The minimum atomic E-state index is -3.73. The summed E-state index contributed by atoms with van der Waals surface area (Å²) in [5, 5.41) is 0. The van der Waals surface area contributed by atoms with E-state index in [0.717, 1.165) is 31.7 Å². The fourth-order valence-corrected chi connectivity index (χ4v) is 3.71. The summed E-state index contributed by atoms with van der Waals surface area (Å²) in [6.45, 7) is 2.17. The number of halogens is 1. The van der Waals surface area contributed by atoms with Crippen LogP contribution in [-0.4, -0.2) is 14.5 Å². The summed E-state index contributed by atoms with van der Waals surface area (Å²) in [6.07, 6.45) is 3.69. The molecule has 1 aliphatic rings. The quantitative estimate of drug-likeness (QED) is 0.918. The molecule has 0 amide bonds. The van der Waals surface area contributed by atoms with E-state index in [1.54, 1.807) is 0 Å². The van der Waals surface area contributed by atoms with Crippen LogP contribution in [0.2, 0.25) is 0 Å². The van der Waals surface area contributed by atoms with Crippen LogP contribution >= 0.6 is 0 Å². The van der Waals surface area contributed by atoms with E-state index in [1.807, 2.05) is 0 Å². The van der Waals surface area contributed by atoms with E-state index < -0.39 is 15.8 Å². The van der Waals surface area contributed by atoms with Gasteiger partial charge in [0.25, 0.3) is 0 Å². The van der Waals surface area contributed by atoms with Gasteiger partial charge >= 0.3 is 0 Å². The molecule has 1 saturated carbocycles. The van der Waals surface area contributed by atoms with Crippen LogP contribution in [0.3, 0.4) is 0 Å². The number of rotatable bonds is 3. The Kier molecular flexibility index (Phi) is 4.02. The predicted molar refractivity (Wildman–Crippen MR) is 68.1 cm³/mol. The first-order chi connectivity index (χ1) is 8.49. The monoisotopic (exact) mass is 271 g/mol. The molecule has 0 saturated heterocycles. The second kappa shape index (κ2) is 5.36. The zero-order chi connectivity index (χ0) is 13.2. The highest BCUT2D eigenvalue weighted by Crippen LogP contribution is 2.25. The van der Waals surface area contributed by atoms with Crippen molar-refractivity contribution < 1.29 is 12.8 Å². The topological polar surface area (TPSA) is 46.2 Å². The highest BCUT2D eigenvalue weighted by Gasteiger charge is 2.25. The minimum absolute atomic E-state index is 0.0641. The Morgan fingerprint density at radius 3 is 2.39 bits per heavy atom. The molecule has 1 N–H and O–H groups in total. The number of hydrogen-bond donors (Lipinski definition) is 1. The van der Waals surface area contributed by atoms with Gasteiger partial charge in [-0.05, 0) is 43.7 Å². The highest BCUT2D eigenvalue weighted by molar-refractivity contribution is 7.89. The molecule has 1 aliphatic carbocycles. The molecule has 0 spiro atoms. The first-order valence-corrected chi connectivity index (χ1v) is 7.74. The average molecular weight is 271 g/mol. The van der Waals surface area contributed by atoms with Gasteiger partial charge in [-0.3, -0.25) is 0 Å². The molecule has 5 heteroatoms. The molecule has 0 aromatic heterocycles. The smallest absolute Gasteiger partial charge is 0.208 e. The normalized spacial score (nSPS) is 25.0.